The van der Waals surface area contributed by atoms with Gasteiger partial charge in [0.15, 0.2) is 0 Å². The first-order chi connectivity index (χ1) is 2.00. The zero-order chi connectivity index (χ0) is 4.50. The minimum absolute atomic E-state index is 0. The van der Waals surface area contributed by atoms with Crippen molar-refractivity contribution in [1.29, 1.82) is 0 Å². The van der Waals surface area contributed by atoms with Gasteiger partial charge in [-0.15, -0.1) is 17.0 Å². The van der Waals surface area contributed by atoms with E-state index in [1.165, 1.54) is 0 Å². The second kappa shape index (κ2) is 2.59. The van der Waals surface area contributed by atoms with Crippen LogP contribution in [0.15, 0.2) is 0 Å². The molecule has 0 aliphatic carbocycles. The largest absolute Gasteiger partial charge is 0.391 e. The van der Waals surface area contributed by atoms with Crippen LogP contribution in [-0.2, 0) is 0 Å². The van der Waals surface area contributed by atoms with Crippen molar-refractivity contribution in [2.75, 3.05) is 0 Å². The molecule has 40 valence electrons. The Morgan fingerprint density at radius 1 is 1.17 bits per heavy atom. The molecular formula is C4H11BrO. The van der Waals surface area contributed by atoms with Crippen molar-refractivity contribution < 1.29 is 5.11 Å². The van der Waals surface area contributed by atoms with Crippen LogP contribution in [-0.4, -0.2) is 10.7 Å². The van der Waals surface area contributed by atoms with Crippen LogP contribution < -0.4 is 0 Å². The third kappa shape index (κ3) is 271. The minimum Gasteiger partial charge on any atom is -0.391 e. The quantitative estimate of drug-likeness (QED) is 0.559. The summed E-state index contributed by atoms with van der Waals surface area (Å²) in [6, 6.07) is 0. The summed E-state index contributed by atoms with van der Waals surface area (Å²) in [5, 5.41) is 8.52. The lowest BCUT2D eigenvalue weighted by atomic mass is 10.2. The van der Waals surface area contributed by atoms with Gasteiger partial charge in [-0.3, -0.25) is 0 Å². The first kappa shape index (κ1) is 9.67. The van der Waals surface area contributed by atoms with Gasteiger partial charge >= 0.3 is 0 Å². The van der Waals surface area contributed by atoms with E-state index in [4.69, 9.17) is 5.11 Å². The second-order valence-corrected chi connectivity index (χ2v) is 2.17. The van der Waals surface area contributed by atoms with Crippen LogP contribution in [0.25, 0.3) is 0 Å². The summed E-state index contributed by atoms with van der Waals surface area (Å²) in [6.07, 6.45) is 0. The van der Waals surface area contributed by atoms with Crippen LogP contribution in [0.1, 0.15) is 20.8 Å². The van der Waals surface area contributed by atoms with Crippen molar-refractivity contribution in [2.45, 2.75) is 26.4 Å². The Morgan fingerprint density at radius 2 is 1.17 bits per heavy atom. The summed E-state index contributed by atoms with van der Waals surface area (Å²) in [5.41, 5.74) is -0.500. The molecule has 1 N–H and O–H groups in total. The lowest BCUT2D eigenvalue weighted by Crippen LogP contribution is -2.10. The molecule has 0 rings (SSSR count). The number of hydrogen-bond donors (Lipinski definition) is 1. The average molecular weight is 155 g/mol. The predicted molar refractivity (Wildman–Crippen MR) is 32.3 cm³/mol. The van der Waals surface area contributed by atoms with E-state index in [0.717, 1.165) is 0 Å². The number of hydrogen-bond acceptors (Lipinski definition) is 1. The fourth-order valence-corrected chi connectivity index (χ4v) is 0. The Morgan fingerprint density at radius 3 is 1.17 bits per heavy atom. The van der Waals surface area contributed by atoms with Gasteiger partial charge in [-0.05, 0) is 20.8 Å². The molecule has 0 fully saturated rings. The summed E-state index contributed by atoms with van der Waals surface area (Å²) in [5.74, 6) is 0. The predicted octanol–water partition coefficient (Wildman–Crippen LogP) is 1.36. The van der Waals surface area contributed by atoms with Crippen LogP contribution in [0.5, 0.6) is 0 Å². The lowest BCUT2D eigenvalue weighted by Gasteiger charge is -2.04. The molecule has 0 aromatic carbocycles. The molecular weight excluding hydrogens is 144 g/mol. The third-order valence-electron chi connectivity index (χ3n) is 0. The van der Waals surface area contributed by atoms with Crippen molar-refractivity contribution in [3.63, 3.8) is 0 Å². The fourth-order valence-electron chi connectivity index (χ4n) is 0. The van der Waals surface area contributed by atoms with Gasteiger partial charge in [0.2, 0.25) is 0 Å². The maximum absolute atomic E-state index is 8.52. The van der Waals surface area contributed by atoms with Gasteiger partial charge in [-0.1, -0.05) is 0 Å². The van der Waals surface area contributed by atoms with Crippen molar-refractivity contribution >= 4 is 17.0 Å². The van der Waals surface area contributed by atoms with E-state index in [1.807, 2.05) is 0 Å². The Bertz CT molecular complexity index is 23.0. The van der Waals surface area contributed by atoms with Gasteiger partial charge in [0.25, 0.3) is 0 Å². The molecule has 2 heteroatoms. The summed E-state index contributed by atoms with van der Waals surface area (Å²) in [7, 11) is 0. The molecule has 0 radical (unpaired) electrons. The molecule has 0 spiro atoms. The molecule has 0 saturated carbocycles. The maximum atomic E-state index is 8.52. The van der Waals surface area contributed by atoms with E-state index >= 15 is 0 Å². The van der Waals surface area contributed by atoms with E-state index < -0.39 is 5.60 Å². The van der Waals surface area contributed by atoms with Crippen molar-refractivity contribution in [2.24, 2.45) is 0 Å². The first-order valence-corrected chi connectivity index (χ1v) is 1.72. The SMILES string of the molecule is Br.CC(C)(C)O. The molecule has 0 unspecified atom stereocenters. The highest BCUT2D eigenvalue weighted by Gasteiger charge is 1.97. The van der Waals surface area contributed by atoms with Crippen molar-refractivity contribution in [1.82, 2.24) is 0 Å². The van der Waals surface area contributed by atoms with Gasteiger partial charge in [0.1, 0.15) is 0 Å². The summed E-state index contributed by atoms with van der Waals surface area (Å²) in [6.45, 7) is 5.23. The van der Waals surface area contributed by atoms with Gasteiger partial charge in [0.05, 0.1) is 5.60 Å². The van der Waals surface area contributed by atoms with Crippen LogP contribution in [0.2, 0.25) is 0 Å². The molecule has 0 aliphatic heterocycles. The van der Waals surface area contributed by atoms with E-state index in [1.54, 1.807) is 20.8 Å². The van der Waals surface area contributed by atoms with Crippen LogP contribution in [0.3, 0.4) is 0 Å². The summed E-state index contributed by atoms with van der Waals surface area (Å²) < 4.78 is 0. The minimum atomic E-state index is -0.500. The van der Waals surface area contributed by atoms with Gasteiger partial charge in [-0.25, -0.2) is 0 Å². The Kier molecular flexibility index (Phi) is 4.17. The van der Waals surface area contributed by atoms with E-state index in [2.05, 4.69) is 0 Å². The van der Waals surface area contributed by atoms with Crippen LogP contribution >= 0.6 is 17.0 Å². The molecule has 0 amide bonds. The van der Waals surface area contributed by atoms with Crippen molar-refractivity contribution in [3.05, 3.63) is 0 Å². The zero-order valence-corrected chi connectivity index (χ0v) is 6.07. The number of halogens is 1. The lowest BCUT2D eigenvalue weighted by molar-refractivity contribution is 0.102. The Balaban J connectivity index is 0. The number of rotatable bonds is 0. The van der Waals surface area contributed by atoms with Gasteiger partial charge in [0, 0.05) is 0 Å². The molecule has 0 aromatic rings. The normalized spacial score (nSPS) is 10.0. The molecule has 0 bridgehead atoms. The summed E-state index contributed by atoms with van der Waals surface area (Å²) in [4.78, 5) is 0. The molecule has 6 heavy (non-hydrogen) atoms. The fraction of sp³-hybridized carbons (Fsp3) is 1.00. The smallest absolute Gasteiger partial charge is 0.0563 e. The third-order valence-corrected chi connectivity index (χ3v) is 0. The average Bonchev–Trinajstić information content (AvgIpc) is 0.722. The van der Waals surface area contributed by atoms with Crippen LogP contribution in [0.4, 0.5) is 0 Å². The molecule has 0 saturated heterocycles. The van der Waals surface area contributed by atoms with Gasteiger partial charge < -0.3 is 5.11 Å². The van der Waals surface area contributed by atoms with Gasteiger partial charge in [-0.2, -0.15) is 0 Å². The monoisotopic (exact) mass is 154 g/mol. The molecule has 0 aromatic heterocycles. The molecule has 0 atom stereocenters. The van der Waals surface area contributed by atoms with E-state index in [-0.39, 0.29) is 17.0 Å². The van der Waals surface area contributed by atoms with E-state index in [9.17, 15) is 0 Å². The van der Waals surface area contributed by atoms with Crippen LogP contribution in [0, 0.1) is 0 Å². The highest BCUT2D eigenvalue weighted by Crippen LogP contribution is 1.93. The Hall–Kier alpha value is 0.440. The molecule has 0 aliphatic rings. The maximum Gasteiger partial charge on any atom is 0.0563 e. The van der Waals surface area contributed by atoms with E-state index in [0.29, 0.717) is 0 Å². The van der Waals surface area contributed by atoms with Crippen molar-refractivity contribution in [3.8, 4) is 0 Å². The second-order valence-electron chi connectivity index (χ2n) is 2.17. The highest BCUT2D eigenvalue weighted by molar-refractivity contribution is 8.93. The zero-order valence-electron chi connectivity index (χ0n) is 4.36. The topological polar surface area (TPSA) is 20.2 Å². The standard InChI is InChI=1S/C4H10O.BrH/c1-4(2,3)5;/h5H,1-3H3;1H. The molecule has 0 heterocycles. The first-order valence-electron chi connectivity index (χ1n) is 1.72. The number of aliphatic hydroxyl groups is 1. The Labute approximate surface area is 49.1 Å². The molecule has 1 nitrogen and oxygen atoms in total. The highest BCUT2D eigenvalue weighted by atomic mass is 79.9. The summed E-state index contributed by atoms with van der Waals surface area (Å²) >= 11 is 0.